The van der Waals surface area contributed by atoms with Crippen molar-refractivity contribution in [1.29, 1.82) is 0 Å². The fourth-order valence-electron chi connectivity index (χ4n) is 9.00. The van der Waals surface area contributed by atoms with Crippen LogP contribution >= 0.6 is 0 Å². The van der Waals surface area contributed by atoms with E-state index in [4.69, 9.17) is 61.6 Å². The Hall–Kier alpha value is -1.24. The minimum Gasteiger partial charge on any atom is -0.394 e. The number of ether oxygens (including phenoxy) is 13. The Labute approximate surface area is 391 Å². The third-order valence-electron chi connectivity index (χ3n) is 12.9. The van der Waals surface area contributed by atoms with Crippen LogP contribution in [0, 0.1) is 0 Å². The van der Waals surface area contributed by atoms with Gasteiger partial charge in [0, 0.05) is 14.2 Å². The molecule has 404 valence electrons. The van der Waals surface area contributed by atoms with Crippen LogP contribution in [0.15, 0.2) is 0 Å². The summed E-state index contributed by atoms with van der Waals surface area (Å²) in [4.78, 5) is 0. The van der Waals surface area contributed by atoms with Gasteiger partial charge in [0.2, 0.25) is 0 Å². The van der Waals surface area contributed by atoms with Crippen molar-refractivity contribution in [1.82, 2.24) is 0 Å². The first-order chi connectivity index (χ1) is 32.8. The highest BCUT2D eigenvalue weighted by Gasteiger charge is 2.58. The number of hydrogen-bond acceptors (Lipinski definition) is 31. The number of hydrogen-bond donors (Lipinski definition) is 18. The summed E-state index contributed by atoms with van der Waals surface area (Å²) in [5, 5.41) is 189. The van der Waals surface area contributed by atoms with Gasteiger partial charge in [-0.25, -0.2) is 0 Å². The molecular weight excluding hydrogens is 952 g/mol. The Morgan fingerprint density at radius 2 is 0.536 bits per heavy atom. The molecule has 6 fully saturated rings. The molecule has 0 aromatic heterocycles. The minimum atomic E-state index is -2.09. The zero-order chi connectivity index (χ0) is 50.8. The van der Waals surface area contributed by atoms with Crippen molar-refractivity contribution in [2.45, 2.75) is 184 Å². The predicted octanol–water partition coefficient (Wildman–Crippen LogP) is -12.8. The summed E-state index contributed by atoms with van der Waals surface area (Å²) in [6, 6.07) is 0. The van der Waals surface area contributed by atoms with Gasteiger partial charge >= 0.3 is 0 Å². The topological polar surface area (TPSA) is 484 Å². The summed E-state index contributed by atoms with van der Waals surface area (Å²) in [5.74, 6) is 0. The summed E-state index contributed by atoms with van der Waals surface area (Å²) in [7, 11) is 2.35. The molecule has 30 atom stereocenters. The average Bonchev–Trinajstić information content (AvgIpc) is 3.35. The molecule has 0 bridgehead atoms. The van der Waals surface area contributed by atoms with E-state index in [-0.39, 0.29) is 0 Å². The van der Waals surface area contributed by atoms with E-state index in [9.17, 15) is 91.9 Å². The van der Waals surface area contributed by atoms with Crippen molar-refractivity contribution in [3.8, 4) is 0 Å². The third-order valence-corrected chi connectivity index (χ3v) is 12.9. The van der Waals surface area contributed by atoms with Crippen LogP contribution in [-0.4, -0.2) is 330 Å². The maximum absolute atomic E-state index is 11.3. The summed E-state index contributed by atoms with van der Waals surface area (Å²) in [6.07, 6.45) is -52.7. The fraction of sp³-hybridized carbons (Fsp3) is 1.00. The molecule has 0 unspecified atom stereocenters. The number of aliphatic hydroxyl groups is 18. The van der Waals surface area contributed by atoms with E-state index in [1.54, 1.807) is 0 Å². The van der Waals surface area contributed by atoms with Crippen LogP contribution in [-0.2, 0) is 61.6 Å². The van der Waals surface area contributed by atoms with Gasteiger partial charge in [0.1, 0.15) is 146 Å². The molecule has 0 radical (unpaired) electrons. The van der Waals surface area contributed by atoms with E-state index < -0.39 is 224 Å². The maximum Gasteiger partial charge on any atom is 0.187 e. The Kier molecular flexibility index (Phi) is 20.6. The fourth-order valence-corrected chi connectivity index (χ4v) is 9.00. The second-order valence-corrected chi connectivity index (χ2v) is 17.2. The van der Waals surface area contributed by atoms with E-state index in [2.05, 4.69) is 0 Å². The molecule has 6 aliphatic heterocycles. The molecule has 0 amide bonds. The van der Waals surface area contributed by atoms with Gasteiger partial charge in [-0.05, 0) is 0 Å². The summed E-state index contributed by atoms with van der Waals surface area (Å²) >= 11 is 0. The Bertz CT molecular complexity index is 1530. The van der Waals surface area contributed by atoms with Gasteiger partial charge in [0.05, 0.1) is 39.6 Å². The van der Waals surface area contributed by atoms with Crippen molar-refractivity contribution in [3.05, 3.63) is 0 Å². The largest absolute Gasteiger partial charge is 0.394 e. The highest BCUT2D eigenvalue weighted by molar-refractivity contribution is 5.00. The highest BCUT2D eigenvalue weighted by Crippen LogP contribution is 2.37. The average molecular weight is 1020 g/mol. The van der Waals surface area contributed by atoms with E-state index >= 15 is 0 Å². The van der Waals surface area contributed by atoms with E-state index in [1.165, 1.54) is 14.2 Å². The molecule has 31 heteroatoms. The number of methoxy groups -OCH3 is 2. The molecule has 6 rings (SSSR count). The molecule has 0 aromatic carbocycles. The summed E-state index contributed by atoms with van der Waals surface area (Å²) < 4.78 is 73.5. The monoisotopic (exact) mass is 1020 g/mol. The normalized spacial score (nSPS) is 52.2. The van der Waals surface area contributed by atoms with Crippen LogP contribution in [0.3, 0.4) is 0 Å². The number of rotatable bonds is 18. The van der Waals surface area contributed by atoms with Crippen LogP contribution in [0.5, 0.6) is 0 Å². The van der Waals surface area contributed by atoms with Crippen molar-refractivity contribution in [3.63, 3.8) is 0 Å². The van der Waals surface area contributed by atoms with Crippen molar-refractivity contribution in [2.24, 2.45) is 0 Å². The predicted molar refractivity (Wildman–Crippen MR) is 209 cm³/mol. The van der Waals surface area contributed by atoms with Crippen LogP contribution in [0.25, 0.3) is 0 Å². The van der Waals surface area contributed by atoms with Gasteiger partial charge in [0.25, 0.3) is 0 Å². The zero-order valence-electron chi connectivity index (χ0n) is 36.9. The van der Waals surface area contributed by atoms with Crippen LogP contribution < -0.4 is 0 Å². The van der Waals surface area contributed by atoms with E-state index in [1.807, 2.05) is 0 Å². The lowest BCUT2D eigenvalue weighted by Crippen LogP contribution is -2.68. The first kappa shape index (κ1) is 57.0. The SMILES string of the molecule is CO[C@@H]1[C@H](OC)[C@H](O[C@H]2[C@H](O)[C@H](O)[C@H](O[C@H]3[C@H](O)[C@H](O)[C@H](O)O[C@@H]3CO)O[C@@H]2CO)O[C@H](CO)[C@H]1O[C@@H]1O[C@H](CO)[C@@H](O[C@@H]2O[C@H](CO)[C@@H](O[C@@H]3O[C@H](CO)[C@@H](O)[C@H](O)[C@@H]3O)[C@H](O)[C@@H]2O)[C@H](O)[C@@H]1O. The first-order valence-corrected chi connectivity index (χ1v) is 21.9. The maximum atomic E-state index is 11.3. The van der Waals surface area contributed by atoms with Gasteiger partial charge in [-0.3, -0.25) is 0 Å². The lowest BCUT2D eigenvalue weighted by Gasteiger charge is -2.50. The van der Waals surface area contributed by atoms with Crippen molar-refractivity contribution >= 4 is 0 Å². The van der Waals surface area contributed by atoms with Gasteiger partial charge in [-0.2, -0.15) is 0 Å². The Morgan fingerprint density at radius 1 is 0.261 bits per heavy atom. The smallest absolute Gasteiger partial charge is 0.187 e. The van der Waals surface area contributed by atoms with Crippen LogP contribution in [0.4, 0.5) is 0 Å². The van der Waals surface area contributed by atoms with Gasteiger partial charge in [-0.1, -0.05) is 0 Å². The van der Waals surface area contributed by atoms with Gasteiger partial charge in [0.15, 0.2) is 37.7 Å². The van der Waals surface area contributed by atoms with Gasteiger partial charge < -0.3 is 153 Å². The molecule has 6 heterocycles. The second-order valence-electron chi connectivity index (χ2n) is 17.2. The minimum absolute atomic E-state index is 0.818. The van der Waals surface area contributed by atoms with Gasteiger partial charge in [-0.15, -0.1) is 0 Å². The molecule has 0 aromatic rings. The third kappa shape index (κ3) is 11.7. The van der Waals surface area contributed by atoms with Crippen LogP contribution in [0.1, 0.15) is 0 Å². The molecule has 0 spiro atoms. The molecule has 18 N–H and O–H groups in total. The number of aliphatic hydroxyl groups excluding tert-OH is 18. The zero-order valence-corrected chi connectivity index (χ0v) is 36.9. The Morgan fingerprint density at radius 3 is 0.899 bits per heavy atom. The summed E-state index contributed by atoms with van der Waals surface area (Å²) in [5.41, 5.74) is 0. The first-order valence-electron chi connectivity index (χ1n) is 21.9. The molecule has 69 heavy (non-hydrogen) atoms. The highest BCUT2D eigenvalue weighted by atomic mass is 16.8. The standard InChI is InChI=1S/C38H66O31/c1-57-31-30(14(8-44)64-38(32(31)58-2)68-29-13(7-43)62-35(24(54)20(29)50)65-26-10(4-40)59-33(56)21(51)17(26)47)69-37-25(55)19(49)28(12(6-42)63-37)67-36-23(53)18(48)27(11(5-41)61-36)66-34-22(52)16(46)15(45)9(3-39)60-34/h9-56H,3-8H2,1-2H3/t9-,10-,11-,12-,13-,14-,15-,16+,17-,18-,19-,20-,21+,22+,23+,24+,25+,26-,27-,28-,29-,30-,31+,32+,33-,34+,35+,36+,37+,38+/m1/s1. The lowest BCUT2D eigenvalue weighted by molar-refractivity contribution is -0.397. The van der Waals surface area contributed by atoms with Crippen molar-refractivity contribution in [2.75, 3.05) is 53.9 Å². The molecule has 0 saturated carbocycles. The molecule has 6 aliphatic rings. The molecule has 6 saturated heterocycles. The second kappa shape index (κ2) is 24.9. The van der Waals surface area contributed by atoms with Crippen LogP contribution in [0.2, 0.25) is 0 Å². The molecule has 0 aliphatic carbocycles. The quantitative estimate of drug-likeness (QED) is 0.0606. The summed E-state index contributed by atoms with van der Waals surface area (Å²) in [6.45, 7) is -5.33. The molecular formula is C38H66O31. The van der Waals surface area contributed by atoms with Crippen molar-refractivity contribution < 1.29 is 153 Å². The lowest BCUT2D eigenvalue weighted by atomic mass is 9.95. The molecule has 31 nitrogen and oxygen atoms in total. The Balaban J connectivity index is 1.10. The van der Waals surface area contributed by atoms with E-state index in [0.29, 0.717) is 0 Å². The van der Waals surface area contributed by atoms with E-state index in [0.717, 1.165) is 0 Å².